The molecule has 1 aromatic rings. The number of nitrogens with one attached hydrogen (secondary N) is 1. The van der Waals surface area contributed by atoms with E-state index < -0.39 is 0 Å². The van der Waals surface area contributed by atoms with E-state index in [0.717, 1.165) is 19.3 Å². The highest BCUT2D eigenvalue weighted by Gasteiger charge is 2.11. The van der Waals surface area contributed by atoms with E-state index in [-0.39, 0.29) is 30.6 Å². The molecular weight excluding hydrogens is 250 g/mol. The van der Waals surface area contributed by atoms with E-state index in [1.165, 1.54) is 5.56 Å². The zero-order valence-electron chi connectivity index (χ0n) is 12.7. The summed E-state index contributed by atoms with van der Waals surface area (Å²) in [7, 11) is 0. The van der Waals surface area contributed by atoms with Crippen LogP contribution >= 0.6 is 0 Å². The Kier molecular flexibility index (Phi) is 6.99. The van der Waals surface area contributed by atoms with Crippen LogP contribution in [-0.2, 0) is 11.2 Å². The van der Waals surface area contributed by atoms with Gasteiger partial charge in [0.1, 0.15) is 0 Å². The van der Waals surface area contributed by atoms with Crippen LogP contribution in [0.5, 0.6) is 0 Å². The predicted octanol–water partition coefficient (Wildman–Crippen LogP) is 3.52. The number of ketones is 1. The van der Waals surface area contributed by atoms with E-state index in [1.807, 2.05) is 24.3 Å². The molecule has 1 rings (SSSR count). The Morgan fingerprint density at radius 1 is 1.00 bits per heavy atom. The molecule has 0 heterocycles. The zero-order chi connectivity index (χ0) is 15.0. The van der Waals surface area contributed by atoms with Gasteiger partial charge in [-0.25, -0.2) is 0 Å². The fourth-order valence-corrected chi connectivity index (χ4v) is 2.09. The van der Waals surface area contributed by atoms with Crippen LogP contribution in [0.4, 0.5) is 0 Å². The molecule has 0 unspecified atom stereocenters. The lowest BCUT2D eigenvalue weighted by atomic mass is 10.0. The van der Waals surface area contributed by atoms with Gasteiger partial charge in [0.25, 0.3) is 0 Å². The van der Waals surface area contributed by atoms with E-state index in [2.05, 4.69) is 26.1 Å². The molecule has 0 aliphatic rings. The van der Waals surface area contributed by atoms with Gasteiger partial charge >= 0.3 is 0 Å². The summed E-state index contributed by atoms with van der Waals surface area (Å²) in [6, 6.07) is 7.86. The predicted molar refractivity (Wildman–Crippen MR) is 81.9 cm³/mol. The first-order chi connectivity index (χ1) is 9.60. The average molecular weight is 275 g/mol. The van der Waals surface area contributed by atoms with Crippen molar-refractivity contribution in [2.24, 2.45) is 0 Å². The van der Waals surface area contributed by atoms with E-state index in [0.29, 0.717) is 5.56 Å². The number of rotatable bonds is 8. The molecule has 0 fully saturated rings. The van der Waals surface area contributed by atoms with Crippen molar-refractivity contribution in [3.8, 4) is 0 Å². The van der Waals surface area contributed by atoms with Crippen molar-refractivity contribution in [3.05, 3.63) is 35.4 Å². The number of carbonyl (C=O) groups excluding carboxylic acids is 2. The fraction of sp³-hybridized carbons (Fsp3) is 0.529. The van der Waals surface area contributed by atoms with Crippen molar-refractivity contribution in [2.45, 2.75) is 58.9 Å². The van der Waals surface area contributed by atoms with Gasteiger partial charge in [0.2, 0.25) is 5.91 Å². The van der Waals surface area contributed by atoms with E-state index >= 15 is 0 Å². The van der Waals surface area contributed by atoms with Gasteiger partial charge in [-0.1, -0.05) is 45.0 Å². The number of Topliss-reactive ketones (excluding diaryl/α,β-unsaturated/α-hetero) is 1. The average Bonchev–Trinajstić information content (AvgIpc) is 2.50. The quantitative estimate of drug-likeness (QED) is 0.738. The van der Waals surface area contributed by atoms with Crippen molar-refractivity contribution in [3.63, 3.8) is 0 Å². The first-order valence-electron chi connectivity index (χ1n) is 7.52. The summed E-state index contributed by atoms with van der Waals surface area (Å²) in [5.41, 5.74) is 1.91. The topological polar surface area (TPSA) is 46.2 Å². The Hall–Kier alpha value is -1.64. The normalized spacial score (nSPS) is 10.6. The van der Waals surface area contributed by atoms with Crippen LogP contribution in [0.2, 0.25) is 0 Å². The summed E-state index contributed by atoms with van der Waals surface area (Å²) in [6.45, 7) is 6.18. The molecule has 1 N–H and O–H groups in total. The van der Waals surface area contributed by atoms with Crippen molar-refractivity contribution in [1.82, 2.24) is 5.32 Å². The van der Waals surface area contributed by atoms with Gasteiger partial charge < -0.3 is 5.32 Å². The highest BCUT2D eigenvalue weighted by Crippen LogP contribution is 2.09. The SMILES string of the molecule is CCc1ccc(C(=O)CCC(=O)NC(CC)CC)cc1. The second-order valence-corrected chi connectivity index (χ2v) is 5.05. The molecule has 0 bridgehead atoms. The lowest BCUT2D eigenvalue weighted by Gasteiger charge is -2.14. The Morgan fingerprint density at radius 2 is 1.60 bits per heavy atom. The summed E-state index contributed by atoms with van der Waals surface area (Å²) >= 11 is 0. The Morgan fingerprint density at radius 3 is 2.10 bits per heavy atom. The third-order valence-electron chi connectivity index (χ3n) is 3.61. The summed E-state index contributed by atoms with van der Waals surface area (Å²) < 4.78 is 0. The van der Waals surface area contributed by atoms with Crippen LogP contribution in [0.1, 0.15) is 62.4 Å². The van der Waals surface area contributed by atoms with Crippen LogP contribution in [0.25, 0.3) is 0 Å². The highest BCUT2D eigenvalue weighted by molar-refractivity contribution is 5.97. The van der Waals surface area contributed by atoms with Gasteiger partial charge in [-0.05, 0) is 24.8 Å². The number of hydrogen-bond donors (Lipinski definition) is 1. The van der Waals surface area contributed by atoms with Crippen molar-refractivity contribution in [2.75, 3.05) is 0 Å². The second-order valence-electron chi connectivity index (χ2n) is 5.05. The Labute approximate surface area is 121 Å². The molecule has 0 saturated carbocycles. The largest absolute Gasteiger partial charge is 0.353 e. The minimum Gasteiger partial charge on any atom is -0.353 e. The van der Waals surface area contributed by atoms with Crippen LogP contribution in [0.15, 0.2) is 24.3 Å². The number of benzene rings is 1. The van der Waals surface area contributed by atoms with Crippen LogP contribution in [-0.4, -0.2) is 17.7 Å². The van der Waals surface area contributed by atoms with Gasteiger partial charge in [-0.2, -0.15) is 0 Å². The number of amides is 1. The highest BCUT2D eigenvalue weighted by atomic mass is 16.2. The number of hydrogen-bond acceptors (Lipinski definition) is 2. The first kappa shape index (κ1) is 16.4. The minimum absolute atomic E-state index is 0.0303. The molecule has 0 atom stereocenters. The molecule has 0 radical (unpaired) electrons. The Balaban J connectivity index is 2.44. The molecule has 0 aromatic heterocycles. The van der Waals surface area contributed by atoms with Gasteiger partial charge in [0, 0.05) is 24.4 Å². The van der Waals surface area contributed by atoms with Gasteiger partial charge in [-0.15, -0.1) is 0 Å². The number of carbonyl (C=O) groups is 2. The van der Waals surface area contributed by atoms with Crippen LogP contribution in [0, 0.1) is 0 Å². The monoisotopic (exact) mass is 275 g/mol. The summed E-state index contributed by atoms with van der Waals surface area (Å²) in [6.07, 6.45) is 3.36. The molecule has 0 aliphatic carbocycles. The standard InChI is InChI=1S/C17H25NO2/c1-4-13-7-9-14(10-8-13)16(19)11-12-17(20)18-15(5-2)6-3/h7-10,15H,4-6,11-12H2,1-3H3,(H,18,20). The van der Waals surface area contributed by atoms with E-state index in [4.69, 9.17) is 0 Å². The second kappa shape index (κ2) is 8.51. The fourth-order valence-electron chi connectivity index (χ4n) is 2.09. The molecule has 3 nitrogen and oxygen atoms in total. The third-order valence-corrected chi connectivity index (χ3v) is 3.61. The molecule has 1 amide bonds. The first-order valence-corrected chi connectivity index (χ1v) is 7.52. The van der Waals surface area contributed by atoms with Gasteiger partial charge in [0.05, 0.1) is 0 Å². The maximum Gasteiger partial charge on any atom is 0.220 e. The number of aryl methyl sites for hydroxylation is 1. The summed E-state index contributed by atoms with van der Waals surface area (Å²) in [4.78, 5) is 23.7. The molecule has 0 spiro atoms. The maximum absolute atomic E-state index is 12.0. The molecule has 3 heteroatoms. The lowest BCUT2D eigenvalue weighted by molar-refractivity contribution is -0.121. The molecule has 0 saturated heterocycles. The molecule has 110 valence electrons. The third kappa shape index (κ3) is 5.16. The summed E-state index contributed by atoms with van der Waals surface area (Å²) in [5, 5.41) is 2.95. The maximum atomic E-state index is 12.0. The van der Waals surface area contributed by atoms with E-state index in [1.54, 1.807) is 0 Å². The van der Waals surface area contributed by atoms with Gasteiger partial charge in [0.15, 0.2) is 5.78 Å². The summed E-state index contributed by atoms with van der Waals surface area (Å²) in [5.74, 6) is 0.00424. The smallest absolute Gasteiger partial charge is 0.220 e. The molecule has 20 heavy (non-hydrogen) atoms. The molecular formula is C17H25NO2. The zero-order valence-corrected chi connectivity index (χ0v) is 12.7. The van der Waals surface area contributed by atoms with Crippen LogP contribution < -0.4 is 5.32 Å². The van der Waals surface area contributed by atoms with Gasteiger partial charge in [-0.3, -0.25) is 9.59 Å². The van der Waals surface area contributed by atoms with Crippen molar-refractivity contribution < 1.29 is 9.59 Å². The minimum atomic E-state index is -0.0303. The van der Waals surface area contributed by atoms with Crippen LogP contribution in [0.3, 0.4) is 0 Å². The van der Waals surface area contributed by atoms with Crippen molar-refractivity contribution in [1.29, 1.82) is 0 Å². The lowest BCUT2D eigenvalue weighted by Crippen LogP contribution is -2.33. The molecule has 0 aliphatic heterocycles. The molecule has 1 aromatic carbocycles. The Bertz CT molecular complexity index is 433. The van der Waals surface area contributed by atoms with E-state index in [9.17, 15) is 9.59 Å². The van der Waals surface area contributed by atoms with Crippen molar-refractivity contribution >= 4 is 11.7 Å².